The standard InChI is InChI=1S/C8H12/c1-6-2-3-7-4-8(6)5-7/h7H,2-5H2,1H3. The molecule has 1 fully saturated rings. The summed E-state index contributed by atoms with van der Waals surface area (Å²) in [4.78, 5) is 0. The van der Waals surface area contributed by atoms with Crippen molar-refractivity contribution in [3.63, 3.8) is 0 Å². The van der Waals surface area contributed by atoms with Crippen LogP contribution in [0.5, 0.6) is 0 Å². The molecule has 0 saturated heterocycles. The SMILES string of the molecule is CC1=C2CC(CC1)C2. The average molecular weight is 108 g/mol. The molecule has 1 saturated carbocycles. The van der Waals surface area contributed by atoms with Crippen LogP contribution in [0.4, 0.5) is 0 Å². The van der Waals surface area contributed by atoms with Crippen molar-refractivity contribution in [2.45, 2.75) is 32.6 Å². The molecule has 0 aromatic carbocycles. The summed E-state index contributed by atoms with van der Waals surface area (Å²) in [6, 6.07) is 0. The van der Waals surface area contributed by atoms with Gasteiger partial charge in [-0.15, -0.1) is 0 Å². The Hall–Kier alpha value is -0.260. The lowest BCUT2D eigenvalue weighted by atomic mass is 9.69. The van der Waals surface area contributed by atoms with E-state index in [0.717, 1.165) is 5.92 Å². The van der Waals surface area contributed by atoms with E-state index in [0.29, 0.717) is 0 Å². The predicted octanol–water partition coefficient (Wildman–Crippen LogP) is 2.51. The van der Waals surface area contributed by atoms with Gasteiger partial charge in [-0.2, -0.15) is 0 Å². The number of allylic oxidation sites excluding steroid dienone is 2. The lowest BCUT2D eigenvalue weighted by Crippen LogP contribution is -2.20. The van der Waals surface area contributed by atoms with Gasteiger partial charge in [0, 0.05) is 0 Å². The molecular formula is C8H12. The third-order valence-electron chi connectivity index (χ3n) is 2.60. The topological polar surface area (TPSA) is 0 Å². The number of fused-ring (bicyclic) bond motifs is 2. The van der Waals surface area contributed by atoms with Gasteiger partial charge in [0.05, 0.1) is 0 Å². The zero-order chi connectivity index (χ0) is 5.56. The van der Waals surface area contributed by atoms with Gasteiger partial charge in [-0.1, -0.05) is 11.1 Å². The fraction of sp³-hybridized carbons (Fsp3) is 0.750. The van der Waals surface area contributed by atoms with Crippen LogP contribution < -0.4 is 0 Å². The highest BCUT2D eigenvalue weighted by atomic mass is 14.3. The molecule has 3 rings (SSSR count). The number of hydrogen-bond acceptors (Lipinski definition) is 0. The zero-order valence-electron chi connectivity index (χ0n) is 5.41. The van der Waals surface area contributed by atoms with Crippen LogP contribution in [0.25, 0.3) is 0 Å². The fourth-order valence-electron chi connectivity index (χ4n) is 1.79. The van der Waals surface area contributed by atoms with Gasteiger partial charge in [0.15, 0.2) is 0 Å². The zero-order valence-corrected chi connectivity index (χ0v) is 5.41. The fourth-order valence-corrected chi connectivity index (χ4v) is 1.79. The lowest BCUT2D eigenvalue weighted by Gasteiger charge is -2.36. The molecule has 0 atom stereocenters. The molecular weight excluding hydrogens is 96.1 g/mol. The van der Waals surface area contributed by atoms with Gasteiger partial charge >= 0.3 is 0 Å². The van der Waals surface area contributed by atoms with E-state index in [9.17, 15) is 0 Å². The van der Waals surface area contributed by atoms with Gasteiger partial charge in [0.1, 0.15) is 0 Å². The highest BCUT2D eigenvalue weighted by molar-refractivity contribution is 5.24. The first-order valence-corrected chi connectivity index (χ1v) is 3.54. The summed E-state index contributed by atoms with van der Waals surface area (Å²) in [7, 11) is 0. The number of hydrogen-bond donors (Lipinski definition) is 0. The van der Waals surface area contributed by atoms with E-state index >= 15 is 0 Å². The minimum atomic E-state index is 1.11. The van der Waals surface area contributed by atoms with Crippen molar-refractivity contribution >= 4 is 0 Å². The molecule has 2 bridgehead atoms. The molecule has 0 amide bonds. The second-order valence-corrected chi connectivity index (χ2v) is 3.20. The minimum Gasteiger partial charge on any atom is -0.0741 e. The van der Waals surface area contributed by atoms with E-state index < -0.39 is 0 Å². The summed E-state index contributed by atoms with van der Waals surface area (Å²) in [6.07, 6.45) is 5.78. The van der Waals surface area contributed by atoms with Crippen LogP contribution in [0.2, 0.25) is 0 Å². The van der Waals surface area contributed by atoms with Crippen LogP contribution in [0.1, 0.15) is 32.6 Å². The first-order chi connectivity index (χ1) is 3.86. The summed E-state index contributed by atoms with van der Waals surface area (Å²) in [5, 5.41) is 0. The second kappa shape index (κ2) is 1.37. The Balaban J connectivity index is 2.27. The van der Waals surface area contributed by atoms with E-state index in [-0.39, 0.29) is 0 Å². The van der Waals surface area contributed by atoms with E-state index in [2.05, 4.69) is 6.92 Å². The molecule has 8 heavy (non-hydrogen) atoms. The third kappa shape index (κ3) is 0.460. The monoisotopic (exact) mass is 108 g/mol. The predicted molar refractivity (Wildman–Crippen MR) is 34.7 cm³/mol. The van der Waals surface area contributed by atoms with Crippen LogP contribution in [-0.2, 0) is 0 Å². The Kier molecular flexibility index (Phi) is 0.787. The van der Waals surface area contributed by atoms with Crippen molar-refractivity contribution in [2.24, 2.45) is 5.92 Å². The van der Waals surface area contributed by atoms with Gasteiger partial charge < -0.3 is 0 Å². The van der Waals surface area contributed by atoms with Crippen molar-refractivity contribution in [1.82, 2.24) is 0 Å². The Morgan fingerprint density at radius 3 is 2.38 bits per heavy atom. The molecule has 0 unspecified atom stereocenters. The van der Waals surface area contributed by atoms with Crippen molar-refractivity contribution in [3.05, 3.63) is 11.1 Å². The maximum Gasteiger partial charge on any atom is -0.0286 e. The van der Waals surface area contributed by atoms with Crippen molar-refractivity contribution in [1.29, 1.82) is 0 Å². The third-order valence-corrected chi connectivity index (χ3v) is 2.60. The molecule has 44 valence electrons. The first kappa shape index (κ1) is 4.60. The molecule has 0 heterocycles. The van der Waals surface area contributed by atoms with Crippen LogP contribution >= 0.6 is 0 Å². The number of rotatable bonds is 0. The molecule has 3 aliphatic rings. The summed E-state index contributed by atoms with van der Waals surface area (Å²) < 4.78 is 0. The largest absolute Gasteiger partial charge is 0.0741 e. The van der Waals surface area contributed by atoms with Gasteiger partial charge in [-0.25, -0.2) is 0 Å². The van der Waals surface area contributed by atoms with Crippen LogP contribution in [0.3, 0.4) is 0 Å². The van der Waals surface area contributed by atoms with Crippen LogP contribution in [-0.4, -0.2) is 0 Å². The maximum absolute atomic E-state index is 2.30. The molecule has 0 spiro atoms. The Morgan fingerprint density at radius 2 is 2.12 bits per heavy atom. The lowest BCUT2D eigenvalue weighted by molar-refractivity contribution is 0.352. The smallest absolute Gasteiger partial charge is 0.0286 e. The van der Waals surface area contributed by atoms with E-state index in [1.165, 1.54) is 25.7 Å². The summed E-state index contributed by atoms with van der Waals surface area (Å²) in [5.74, 6) is 1.11. The highest BCUT2D eigenvalue weighted by Crippen LogP contribution is 2.44. The molecule has 0 aliphatic heterocycles. The Labute approximate surface area is 50.6 Å². The van der Waals surface area contributed by atoms with E-state index in [4.69, 9.17) is 0 Å². The van der Waals surface area contributed by atoms with Crippen LogP contribution in [0.15, 0.2) is 11.1 Å². The first-order valence-electron chi connectivity index (χ1n) is 3.54. The van der Waals surface area contributed by atoms with Gasteiger partial charge in [0.2, 0.25) is 0 Å². The van der Waals surface area contributed by atoms with E-state index in [1.54, 1.807) is 11.1 Å². The minimum absolute atomic E-state index is 1.11. The molecule has 0 N–H and O–H groups in total. The average Bonchev–Trinajstić information content (AvgIpc) is 1.62. The Bertz CT molecular complexity index is 129. The van der Waals surface area contributed by atoms with E-state index in [1.807, 2.05) is 0 Å². The van der Waals surface area contributed by atoms with Crippen molar-refractivity contribution in [3.8, 4) is 0 Å². The molecule has 0 heteroatoms. The second-order valence-electron chi connectivity index (χ2n) is 3.20. The quantitative estimate of drug-likeness (QED) is 0.418. The molecule has 0 aromatic heterocycles. The normalized spacial score (nSPS) is 28.1. The molecule has 0 aromatic rings. The van der Waals surface area contributed by atoms with Gasteiger partial charge in [-0.05, 0) is 38.5 Å². The summed E-state index contributed by atoms with van der Waals surface area (Å²) in [6.45, 7) is 2.30. The van der Waals surface area contributed by atoms with Gasteiger partial charge in [0.25, 0.3) is 0 Å². The molecule has 0 radical (unpaired) electrons. The van der Waals surface area contributed by atoms with Crippen molar-refractivity contribution < 1.29 is 0 Å². The molecule has 3 aliphatic carbocycles. The Morgan fingerprint density at radius 1 is 1.38 bits per heavy atom. The van der Waals surface area contributed by atoms with Gasteiger partial charge in [-0.3, -0.25) is 0 Å². The molecule has 0 nitrogen and oxygen atoms in total. The van der Waals surface area contributed by atoms with Crippen molar-refractivity contribution in [2.75, 3.05) is 0 Å². The van der Waals surface area contributed by atoms with Crippen LogP contribution in [0, 0.1) is 5.92 Å². The maximum atomic E-state index is 2.30. The highest BCUT2D eigenvalue weighted by Gasteiger charge is 2.28. The summed E-state index contributed by atoms with van der Waals surface area (Å²) in [5.41, 5.74) is 3.48. The summed E-state index contributed by atoms with van der Waals surface area (Å²) >= 11 is 0.